The van der Waals surface area contributed by atoms with Crippen LogP contribution in [0, 0.1) is 0 Å². The molecule has 0 saturated carbocycles. The number of fused-ring (bicyclic) bond motifs is 2. The van der Waals surface area contributed by atoms with Crippen LogP contribution in [0.5, 0.6) is 11.5 Å². The number of hydrogen-bond acceptors (Lipinski definition) is 7. The molecule has 7 nitrogen and oxygen atoms in total. The lowest BCUT2D eigenvalue weighted by Crippen LogP contribution is -2.46. The minimum atomic E-state index is -3.61. The molecule has 1 aromatic heterocycles. The number of piperazine rings is 1. The van der Waals surface area contributed by atoms with Gasteiger partial charge in [-0.1, -0.05) is 35.9 Å². The summed E-state index contributed by atoms with van der Waals surface area (Å²) in [6, 6.07) is 13.5. The van der Waals surface area contributed by atoms with Crippen LogP contribution in [0.2, 0.25) is 5.02 Å². The van der Waals surface area contributed by atoms with Gasteiger partial charge in [-0.15, -0.1) is 11.3 Å². The molecular formula is C24H28ClN3O4S2. The Bertz CT molecular complexity index is 1260. The molecule has 0 radical (unpaired) electrons. The van der Waals surface area contributed by atoms with Gasteiger partial charge in [-0.25, -0.2) is 13.1 Å². The van der Waals surface area contributed by atoms with E-state index in [4.69, 9.17) is 21.1 Å². The molecule has 5 rings (SSSR count). The van der Waals surface area contributed by atoms with Crippen molar-refractivity contribution in [1.82, 2.24) is 9.62 Å². The second kappa shape index (κ2) is 10.3. The first-order chi connectivity index (χ1) is 16.5. The van der Waals surface area contributed by atoms with Crippen molar-refractivity contribution in [2.75, 3.05) is 57.4 Å². The Kier molecular flexibility index (Phi) is 7.17. The highest BCUT2D eigenvalue weighted by Gasteiger charge is 2.24. The predicted molar refractivity (Wildman–Crippen MR) is 137 cm³/mol. The van der Waals surface area contributed by atoms with Crippen LogP contribution in [0.15, 0.2) is 46.7 Å². The Hall–Kier alpha value is -2.04. The SMILES string of the molecule is O=S(=O)(NCCCCN1CCN(c2cccc3c2OCCO3)CC1)c1sc2ccccc2c1Cl. The summed E-state index contributed by atoms with van der Waals surface area (Å²) >= 11 is 7.56. The zero-order chi connectivity index (χ0) is 23.5. The van der Waals surface area contributed by atoms with Gasteiger partial charge in [0.05, 0.1) is 10.7 Å². The van der Waals surface area contributed by atoms with Crippen LogP contribution in [0.3, 0.4) is 0 Å². The molecule has 3 heterocycles. The van der Waals surface area contributed by atoms with Crippen molar-refractivity contribution < 1.29 is 17.9 Å². The summed E-state index contributed by atoms with van der Waals surface area (Å²) in [7, 11) is -3.61. The lowest BCUT2D eigenvalue weighted by atomic mass is 10.2. The van der Waals surface area contributed by atoms with E-state index in [0.29, 0.717) is 24.8 Å². The molecule has 182 valence electrons. The quantitative estimate of drug-likeness (QED) is 0.448. The molecular weight excluding hydrogens is 494 g/mol. The molecule has 1 fully saturated rings. The van der Waals surface area contributed by atoms with Gasteiger partial charge < -0.3 is 14.4 Å². The smallest absolute Gasteiger partial charge is 0.251 e. The van der Waals surface area contributed by atoms with Crippen LogP contribution in [-0.2, 0) is 10.0 Å². The number of anilines is 1. The first-order valence-corrected chi connectivity index (χ1v) is 14.2. The topological polar surface area (TPSA) is 71.1 Å². The van der Waals surface area contributed by atoms with Gasteiger partial charge in [0.2, 0.25) is 0 Å². The van der Waals surface area contributed by atoms with E-state index in [1.165, 1.54) is 11.3 Å². The van der Waals surface area contributed by atoms with Gasteiger partial charge in [0, 0.05) is 42.8 Å². The number of rotatable bonds is 8. The summed E-state index contributed by atoms with van der Waals surface area (Å²) in [5, 5.41) is 1.09. The van der Waals surface area contributed by atoms with Crippen LogP contribution >= 0.6 is 22.9 Å². The summed E-state index contributed by atoms with van der Waals surface area (Å²) in [6.07, 6.45) is 1.71. The predicted octanol–water partition coefficient (Wildman–Crippen LogP) is 4.21. The van der Waals surface area contributed by atoms with E-state index in [1.807, 2.05) is 36.4 Å². The van der Waals surface area contributed by atoms with Crippen molar-refractivity contribution >= 4 is 48.7 Å². The normalized spacial score (nSPS) is 16.8. The van der Waals surface area contributed by atoms with E-state index < -0.39 is 10.0 Å². The lowest BCUT2D eigenvalue weighted by molar-refractivity contribution is 0.171. The molecule has 0 amide bonds. The Balaban J connectivity index is 1.07. The molecule has 10 heteroatoms. The maximum atomic E-state index is 12.7. The van der Waals surface area contributed by atoms with Crippen molar-refractivity contribution in [3.05, 3.63) is 47.5 Å². The number of halogens is 1. The molecule has 0 aliphatic carbocycles. The number of para-hydroxylation sites is 1. The number of hydrogen-bond donors (Lipinski definition) is 1. The van der Waals surface area contributed by atoms with Crippen LogP contribution < -0.4 is 19.1 Å². The number of nitrogens with one attached hydrogen (secondary N) is 1. The number of ether oxygens (including phenoxy) is 2. The number of thiophene rings is 1. The minimum absolute atomic E-state index is 0.198. The van der Waals surface area contributed by atoms with Crippen LogP contribution in [0.1, 0.15) is 12.8 Å². The standard InChI is InChI=1S/C24H28ClN3O4S2/c25-22-18-6-1-2-9-21(18)33-24(22)34(29,30)26-10-3-4-11-27-12-14-28(15-13-27)19-7-5-8-20-23(19)32-17-16-31-20/h1-2,5-9,26H,3-4,10-17H2. The van der Waals surface area contributed by atoms with E-state index in [9.17, 15) is 8.42 Å². The Morgan fingerprint density at radius 1 is 0.971 bits per heavy atom. The zero-order valence-corrected chi connectivity index (χ0v) is 21.2. The summed E-state index contributed by atoms with van der Waals surface area (Å²) < 4.78 is 40.8. The minimum Gasteiger partial charge on any atom is -0.486 e. The Morgan fingerprint density at radius 2 is 1.76 bits per heavy atom. The molecule has 0 unspecified atom stereocenters. The Labute approximate surface area is 209 Å². The van der Waals surface area contributed by atoms with Crippen molar-refractivity contribution in [2.24, 2.45) is 0 Å². The van der Waals surface area contributed by atoms with Gasteiger partial charge >= 0.3 is 0 Å². The molecule has 0 spiro atoms. The highest BCUT2D eigenvalue weighted by atomic mass is 35.5. The average Bonchev–Trinajstić information content (AvgIpc) is 3.21. The van der Waals surface area contributed by atoms with E-state index in [2.05, 4.69) is 20.6 Å². The molecule has 1 saturated heterocycles. The third kappa shape index (κ3) is 4.99. The molecule has 2 aliphatic rings. The fraction of sp³-hybridized carbons (Fsp3) is 0.417. The first kappa shape index (κ1) is 23.7. The van der Waals surface area contributed by atoms with E-state index >= 15 is 0 Å². The summed E-state index contributed by atoms with van der Waals surface area (Å²) in [4.78, 5) is 4.79. The number of nitrogens with zero attached hydrogens (tertiary/aromatic N) is 2. The van der Waals surface area contributed by atoms with Crippen molar-refractivity contribution in [2.45, 2.75) is 17.1 Å². The van der Waals surface area contributed by atoms with Gasteiger partial charge in [-0.3, -0.25) is 4.90 Å². The maximum absolute atomic E-state index is 12.7. The lowest BCUT2D eigenvalue weighted by Gasteiger charge is -2.37. The Morgan fingerprint density at radius 3 is 2.59 bits per heavy atom. The second-order valence-corrected chi connectivity index (χ2v) is 11.8. The first-order valence-electron chi connectivity index (χ1n) is 11.6. The third-order valence-corrected chi connectivity index (χ3v) is 9.97. The third-order valence-electron chi connectivity index (χ3n) is 6.20. The fourth-order valence-electron chi connectivity index (χ4n) is 4.42. The molecule has 0 atom stereocenters. The van der Waals surface area contributed by atoms with Gasteiger partial charge in [-0.05, 0) is 37.6 Å². The maximum Gasteiger partial charge on any atom is 0.251 e. The molecule has 34 heavy (non-hydrogen) atoms. The van der Waals surface area contributed by atoms with E-state index in [0.717, 1.165) is 72.8 Å². The second-order valence-electron chi connectivity index (χ2n) is 8.43. The molecule has 0 bridgehead atoms. The monoisotopic (exact) mass is 521 g/mol. The molecule has 2 aliphatic heterocycles. The van der Waals surface area contributed by atoms with Gasteiger partial charge in [0.15, 0.2) is 15.7 Å². The van der Waals surface area contributed by atoms with Gasteiger partial charge in [-0.2, -0.15) is 0 Å². The number of benzene rings is 2. The number of sulfonamides is 1. The van der Waals surface area contributed by atoms with E-state index in [-0.39, 0.29) is 4.21 Å². The van der Waals surface area contributed by atoms with Gasteiger partial charge in [0.25, 0.3) is 10.0 Å². The fourth-order valence-corrected chi connectivity index (χ4v) is 7.66. The largest absolute Gasteiger partial charge is 0.486 e. The molecule has 2 aromatic carbocycles. The van der Waals surface area contributed by atoms with Crippen molar-refractivity contribution in [3.63, 3.8) is 0 Å². The van der Waals surface area contributed by atoms with Crippen LogP contribution in [0.25, 0.3) is 10.1 Å². The average molecular weight is 522 g/mol. The summed E-state index contributed by atoms with van der Waals surface area (Å²) in [5.74, 6) is 1.68. The highest BCUT2D eigenvalue weighted by molar-refractivity contribution is 7.92. The van der Waals surface area contributed by atoms with E-state index in [1.54, 1.807) is 0 Å². The molecule has 1 N–H and O–H groups in total. The van der Waals surface area contributed by atoms with Crippen LogP contribution in [0.4, 0.5) is 5.69 Å². The van der Waals surface area contributed by atoms with Crippen LogP contribution in [-0.4, -0.2) is 65.8 Å². The molecule has 3 aromatic rings. The van der Waals surface area contributed by atoms with Gasteiger partial charge in [0.1, 0.15) is 13.2 Å². The van der Waals surface area contributed by atoms with Crippen molar-refractivity contribution in [1.29, 1.82) is 0 Å². The number of unbranched alkanes of at least 4 members (excludes halogenated alkanes) is 1. The summed E-state index contributed by atoms with van der Waals surface area (Å²) in [6.45, 7) is 6.32. The highest BCUT2D eigenvalue weighted by Crippen LogP contribution is 2.40. The zero-order valence-electron chi connectivity index (χ0n) is 18.8. The van der Waals surface area contributed by atoms with Crippen molar-refractivity contribution in [3.8, 4) is 11.5 Å². The summed E-state index contributed by atoms with van der Waals surface area (Å²) in [5.41, 5.74) is 1.10.